The van der Waals surface area contributed by atoms with Crippen LogP contribution >= 0.6 is 22.9 Å². The van der Waals surface area contributed by atoms with Crippen LogP contribution in [-0.2, 0) is 27.5 Å². The van der Waals surface area contributed by atoms with Crippen LogP contribution in [0.4, 0.5) is 4.39 Å². The molecule has 2 unspecified atom stereocenters. The molecule has 14 heteroatoms. The molecule has 0 spiro atoms. The lowest BCUT2D eigenvalue weighted by molar-refractivity contribution is -0.145. The molecule has 2 heterocycles. The third-order valence-electron chi connectivity index (χ3n) is 7.44. The molecular formula is C31H33ClFNO10S. The van der Waals surface area contributed by atoms with Crippen LogP contribution in [0.5, 0.6) is 23.0 Å². The Balaban J connectivity index is 1.40. The number of methoxy groups -OCH3 is 2. The molecule has 0 saturated carbocycles. The number of thiophene rings is 1. The molecule has 0 saturated heterocycles. The molecule has 1 amide bonds. The second-order valence-corrected chi connectivity index (χ2v) is 12.2. The number of aliphatic carboxylic acids is 2. The minimum absolute atomic E-state index is 0.00489. The number of ketones is 1. The van der Waals surface area contributed by atoms with Crippen molar-refractivity contribution in [3.63, 3.8) is 0 Å². The number of carboxylic acid groups (broad SMARTS) is 2. The third-order valence-corrected chi connectivity index (χ3v) is 8.98. The van der Waals surface area contributed by atoms with Gasteiger partial charge in [0.05, 0.1) is 49.2 Å². The zero-order valence-electron chi connectivity index (χ0n) is 25.1. The van der Waals surface area contributed by atoms with Gasteiger partial charge in [-0.1, -0.05) is 25.4 Å². The van der Waals surface area contributed by atoms with E-state index in [1.807, 2.05) is 0 Å². The van der Waals surface area contributed by atoms with Gasteiger partial charge in [0.25, 0.3) is 0 Å². The van der Waals surface area contributed by atoms with Gasteiger partial charge in [-0.2, -0.15) is 0 Å². The molecule has 0 fully saturated rings. The molecule has 1 aliphatic heterocycles. The largest absolute Gasteiger partial charge is 0.493 e. The Morgan fingerprint density at radius 1 is 0.911 bits per heavy atom. The number of halogens is 2. The fourth-order valence-corrected chi connectivity index (χ4v) is 6.17. The Bertz CT molecular complexity index is 1640. The van der Waals surface area contributed by atoms with Crippen LogP contribution in [0.2, 0.25) is 5.02 Å². The highest BCUT2D eigenvalue weighted by Crippen LogP contribution is 2.46. The van der Waals surface area contributed by atoms with Crippen LogP contribution in [-0.4, -0.2) is 66.2 Å². The maximum Gasteiger partial charge on any atom is 0.306 e. The van der Waals surface area contributed by atoms with Crippen molar-refractivity contribution in [1.29, 1.82) is 0 Å². The Kier molecular flexibility index (Phi) is 10.8. The van der Waals surface area contributed by atoms with E-state index in [2.05, 4.69) is 0 Å². The maximum absolute atomic E-state index is 15.6. The fraction of sp³-hybridized carbons (Fsp3) is 0.419. The maximum atomic E-state index is 15.6. The number of amides is 1. The summed E-state index contributed by atoms with van der Waals surface area (Å²) in [5.74, 6) is -4.53. The van der Waals surface area contributed by atoms with Crippen molar-refractivity contribution >= 4 is 56.7 Å². The van der Waals surface area contributed by atoms with Gasteiger partial charge in [-0.05, 0) is 17.5 Å². The first-order chi connectivity index (χ1) is 21.4. The molecule has 45 heavy (non-hydrogen) atoms. The van der Waals surface area contributed by atoms with E-state index >= 15 is 4.39 Å². The molecule has 2 N–H and O–H groups in total. The van der Waals surface area contributed by atoms with Crippen LogP contribution in [0.25, 0.3) is 10.1 Å². The number of carbonyl (C=O) groups excluding carboxylic acids is 2. The average molecular weight is 666 g/mol. The van der Waals surface area contributed by atoms with Crippen molar-refractivity contribution in [2.45, 2.75) is 46.2 Å². The Labute approximate surface area is 267 Å². The Morgan fingerprint density at radius 2 is 1.56 bits per heavy atom. The summed E-state index contributed by atoms with van der Waals surface area (Å²) in [6, 6.07) is 5.17. The van der Waals surface area contributed by atoms with E-state index in [1.54, 1.807) is 18.2 Å². The van der Waals surface area contributed by atoms with Crippen LogP contribution < -0.4 is 18.9 Å². The smallest absolute Gasteiger partial charge is 0.306 e. The number of carboxylic acids is 2. The quantitative estimate of drug-likeness (QED) is 0.151. The summed E-state index contributed by atoms with van der Waals surface area (Å²) >= 11 is 7.77. The molecule has 2 atom stereocenters. The summed E-state index contributed by atoms with van der Waals surface area (Å²) in [6.45, 7) is 3.06. The first-order valence-corrected chi connectivity index (χ1v) is 15.3. The number of Topliss-reactive ketones (excluding diaryl/α,β-unsaturated/α-hetero) is 1. The number of ether oxygens (including phenoxy) is 4. The van der Waals surface area contributed by atoms with Crippen molar-refractivity contribution in [1.82, 2.24) is 4.90 Å². The van der Waals surface area contributed by atoms with Crippen molar-refractivity contribution < 1.29 is 52.7 Å². The van der Waals surface area contributed by atoms with Gasteiger partial charge < -0.3 is 34.1 Å². The van der Waals surface area contributed by atoms with Gasteiger partial charge in [-0.15, -0.1) is 11.3 Å². The monoisotopic (exact) mass is 665 g/mol. The highest BCUT2D eigenvalue weighted by atomic mass is 35.5. The van der Waals surface area contributed by atoms with Crippen LogP contribution in [0.15, 0.2) is 18.2 Å². The standard InChI is InChI=1S/C31H33ClFNO10S/c1-15(30(37)38)8-20(35)24-11-17-10-22(21(41-3)12-23(17)45-24)43-6-5-7-44-29-27(33)19-14-34(25(36)9-16(2)31(39)40)13-18(19)26(32)28(29)42-4/h10-12,15-16H,5-9,13-14H2,1-4H3,(H,37,38)(H,39,40). The van der Waals surface area contributed by atoms with E-state index in [-0.39, 0.29) is 67.0 Å². The van der Waals surface area contributed by atoms with Gasteiger partial charge in [0.1, 0.15) is 0 Å². The van der Waals surface area contributed by atoms with Gasteiger partial charge in [0.2, 0.25) is 5.91 Å². The summed E-state index contributed by atoms with van der Waals surface area (Å²) in [7, 11) is 2.81. The first kappa shape index (κ1) is 33.8. The molecule has 1 aromatic heterocycles. The molecule has 242 valence electrons. The van der Waals surface area contributed by atoms with Gasteiger partial charge in [-0.25, -0.2) is 4.39 Å². The SMILES string of the molecule is COc1cc2sc(C(=O)CC(C)C(=O)O)cc2cc1OCCCOc1c(F)c2c(c(Cl)c1OC)CN(C(=O)CC(C)C(=O)O)C2. The predicted molar refractivity (Wildman–Crippen MR) is 163 cm³/mol. The lowest BCUT2D eigenvalue weighted by Crippen LogP contribution is -2.28. The summed E-state index contributed by atoms with van der Waals surface area (Å²) in [4.78, 5) is 49.3. The van der Waals surface area contributed by atoms with E-state index in [4.69, 9.17) is 40.8 Å². The predicted octanol–water partition coefficient (Wildman–Crippen LogP) is 5.81. The molecule has 1 aliphatic rings. The number of carbonyl (C=O) groups is 4. The van der Waals surface area contributed by atoms with E-state index in [0.29, 0.717) is 28.4 Å². The third kappa shape index (κ3) is 7.42. The Hall–Kier alpha value is -4.10. The average Bonchev–Trinajstić information content (AvgIpc) is 3.64. The summed E-state index contributed by atoms with van der Waals surface area (Å²) in [5, 5.41) is 19.1. The highest BCUT2D eigenvalue weighted by Gasteiger charge is 2.34. The normalized spacial score (nSPS) is 13.7. The molecule has 0 aliphatic carbocycles. The van der Waals surface area contributed by atoms with E-state index in [1.165, 1.54) is 44.3 Å². The minimum atomic E-state index is -1.10. The van der Waals surface area contributed by atoms with E-state index in [0.717, 1.165) is 10.1 Å². The molecule has 0 bridgehead atoms. The zero-order valence-corrected chi connectivity index (χ0v) is 26.7. The van der Waals surface area contributed by atoms with Crippen molar-refractivity contribution in [2.24, 2.45) is 11.8 Å². The second-order valence-electron chi connectivity index (χ2n) is 10.7. The Morgan fingerprint density at radius 3 is 2.20 bits per heavy atom. The highest BCUT2D eigenvalue weighted by molar-refractivity contribution is 7.20. The van der Waals surface area contributed by atoms with Crippen molar-refractivity contribution in [2.75, 3.05) is 27.4 Å². The van der Waals surface area contributed by atoms with E-state index < -0.39 is 35.5 Å². The summed E-state index contributed by atoms with van der Waals surface area (Å²) in [6.07, 6.45) is 0.00107. The number of fused-ring (bicyclic) bond motifs is 2. The topological polar surface area (TPSA) is 149 Å². The number of rotatable bonds is 15. The molecule has 3 aromatic rings. The zero-order chi connectivity index (χ0) is 33.0. The molecule has 2 aromatic carbocycles. The minimum Gasteiger partial charge on any atom is -0.493 e. The summed E-state index contributed by atoms with van der Waals surface area (Å²) < 4.78 is 38.9. The number of hydrogen-bond donors (Lipinski definition) is 2. The first-order valence-electron chi connectivity index (χ1n) is 14.1. The molecule has 11 nitrogen and oxygen atoms in total. The number of benzene rings is 2. The van der Waals surface area contributed by atoms with Gasteiger partial charge in [0.15, 0.2) is 34.6 Å². The van der Waals surface area contributed by atoms with Crippen LogP contribution in [0.3, 0.4) is 0 Å². The van der Waals surface area contributed by atoms with Crippen LogP contribution in [0, 0.1) is 17.7 Å². The van der Waals surface area contributed by atoms with Gasteiger partial charge in [0, 0.05) is 54.2 Å². The van der Waals surface area contributed by atoms with Gasteiger partial charge in [-0.3, -0.25) is 19.2 Å². The van der Waals surface area contributed by atoms with Crippen molar-refractivity contribution in [3.8, 4) is 23.0 Å². The molecule has 0 radical (unpaired) electrons. The van der Waals surface area contributed by atoms with Crippen molar-refractivity contribution in [3.05, 3.63) is 45.0 Å². The summed E-state index contributed by atoms with van der Waals surface area (Å²) in [5.41, 5.74) is 0.572. The second kappa shape index (κ2) is 14.3. The lowest BCUT2D eigenvalue weighted by atomic mass is 10.0. The van der Waals surface area contributed by atoms with Crippen LogP contribution in [0.1, 0.15) is 53.9 Å². The van der Waals surface area contributed by atoms with E-state index in [9.17, 15) is 19.2 Å². The number of nitrogens with zero attached hydrogens (tertiary/aromatic N) is 1. The fourth-order valence-electron chi connectivity index (χ4n) is 4.81. The molecular weight excluding hydrogens is 633 g/mol. The lowest BCUT2D eigenvalue weighted by Gasteiger charge is -2.16. The number of hydrogen-bond acceptors (Lipinski definition) is 9. The molecule has 4 rings (SSSR count). The van der Waals surface area contributed by atoms with Gasteiger partial charge >= 0.3 is 11.9 Å².